The van der Waals surface area contributed by atoms with Gasteiger partial charge in [-0.2, -0.15) is 4.98 Å². The molecule has 1 aromatic heterocycles. The molecule has 3 aromatic rings. The highest BCUT2D eigenvalue weighted by molar-refractivity contribution is 6.30. The number of benzene rings is 2. The first-order valence-electron chi connectivity index (χ1n) is 8.53. The van der Waals surface area contributed by atoms with Crippen LogP contribution in [0.3, 0.4) is 0 Å². The fourth-order valence-corrected chi connectivity index (χ4v) is 2.69. The summed E-state index contributed by atoms with van der Waals surface area (Å²) in [6, 6.07) is 13.3. The Bertz CT molecular complexity index is 973. The molecule has 1 unspecified atom stereocenters. The van der Waals surface area contributed by atoms with E-state index in [9.17, 15) is 9.59 Å². The highest BCUT2D eigenvalue weighted by atomic mass is 35.5. The number of amides is 2. The molecule has 9 nitrogen and oxygen atoms in total. The maximum atomic E-state index is 11.1. The molecule has 0 saturated carbocycles. The summed E-state index contributed by atoms with van der Waals surface area (Å²) in [4.78, 5) is 26.2. The highest BCUT2D eigenvalue weighted by Gasteiger charge is 2.19. The average molecular weight is 417 g/mol. The van der Waals surface area contributed by atoms with E-state index in [0.29, 0.717) is 27.9 Å². The van der Waals surface area contributed by atoms with Gasteiger partial charge in [0.15, 0.2) is 0 Å². The van der Waals surface area contributed by atoms with Gasteiger partial charge in [-0.1, -0.05) is 16.8 Å². The van der Waals surface area contributed by atoms with Crippen molar-refractivity contribution in [2.45, 2.75) is 18.9 Å². The molecule has 0 bridgehead atoms. The van der Waals surface area contributed by atoms with Gasteiger partial charge in [-0.3, -0.25) is 4.79 Å². The summed E-state index contributed by atoms with van der Waals surface area (Å²) in [6.45, 7) is 0. The van der Waals surface area contributed by atoms with E-state index in [0.717, 1.165) is 0 Å². The number of ether oxygens (including phenoxy) is 1. The van der Waals surface area contributed by atoms with Gasteiger partial charge in [-0.15, -0.1) is 0 Å². The molecule has 3 rings (SSSR count). The number of carboxylic acid groups (broad SMARTS) is 1. The number of nitrogens with zero attached hydrogens (tertiary/aromatic N) is 2. The third-order valence-electron chi connectivity index (χ3n) is 3.83. The zero-order valence-electron chi connectivity index (χ0n) is 15.0. The molecular weight excluding hydrogens is 400 g/mol. The fourth-order valence-electron chi connectivity index (χ4n) is 2.57. The van der Waals surface area contributed by atoms with Crippen LogP contribution in [-0.2, 0) is 11.2 Å². The van der Waals surface area contributed by atoms with Crippen molar-refractivity contribution in [3.8, 4) is 22.9 Å². The lowest BCUT2D eigenvalue weighted by Gasteiger charge is -2.12. The first kappa shape index (κ1) is 20.2. The fraction of sp³-hybridized carbons (Fsp3) is 0.158. The van der Waals surface area contributed by atoms with Crippen molar-refractivity contribution in [2.24, 2.45) is 5.73 Å². The summed E-state index contributed by atoms with van der Waals surface area (Å²) >= 11 is 5.85. The standard InChI is InChI=1S/C19H17ClN4O5/c20-12-3-7-15(8-4-12)28-14-5-1-11(2-6-14)18-23-17(29-24-18)10-13(9-16(21)25)22-19(26)27/h1-8,13,22H,9-10H2,(H2,21,25)(H,26,27). The molecule has 0 aliphatic heterocycles. The van der Waals surface area contributed by atoms with Crippen LogP contribution >= 0.6 is 11.6 Å². The van der Waals surface area contributed by atoms with Gasteiger partial charge in [0, 0.05) is 29.5 Å². The van der Waals surface area contributed by atoms with Crippen molar-refractivity contribution in [3.05, 3.63) is 59.4 Å². The predicted octanol–water partition coefficient (Wildman–Crippen LogP) is 3.24. The zero-order chi connectivity index (χ0) is 20.8. The summed E-state index contributed by atoms with van der Waals surface area (Å²) in [7, 11) is 0. The van der Waals surface area contributed by atoms with E-state index in [4.69, 9.17) is 31.7 Å². The second-order valence-electron chi connectivity index (χ2n) is 6.11. The minimum Gasteiger partial charge on any atom is -0.465 e. The van der Waals surface area contributed by atoms with E-state index in [1.54, 1.807) is 48.5 Å². The third kappa shape index (κ3) is 5.94. The number of aromatic nitrogens is 2. The van der Waals surface area contributed by atoms with Gasteiger partial charge in [0.05, 0.1) is 0 Å². The van der Waals surface area contributed by atoms with Crippen LogP contribution in [0.5, 0.6) is 11.5 Å². The first-order valence-corrected chi connectivity index (χ1v) is 8.91. The molecule has 4 N–H and O–H groups in total. The van der Waals surface area contributed by atoms with Crippen LogP contribution in [0.1, 0.15) is 12.3 Å². The monoisotopic (exact) mass is 416 g/mol. The Labute approximate surface area is 170 Å². The quantitative estimate of drug-likeness (QED) is 0.511. The molecular formula is C19H17ClN4O5. The molecule has 0 spiro atoms. The minimum atomic E-state index is -1.27. The molecule has 0 radical (unpaired) electrons. The van der Waals surface area contributed by atoms with Crippen molar-refractivity contribution in [3.63, 3.8) is 0 Å². The largest absolute Gasteiger partial charge is 0.465 e. The van der Waals surface area contributed by atoms with Crippen LogP contribution in [0.25, 0.3) is 11.4 Å². The maximum absolute atomic E-state index is 11.1. The minimum absolute atomic E-state index is 0.0417. The van der Waals surface area contributed by atoms with Crippen LogP contribution in [0.4, 0.5) is 4.79 Å². The molecule has 10 heteroatoms. The summed E-state index contributed by atoms with van der Waals surface area (Å²) in [6.07, 6.45) is -1.41. The Morgan fingerprint density at radius 3 is 2.34 bits per heavy atom. The Balaban J connectivity index is 1.66. The van der Waals surface area contributed by atoms with Gasteiger partial charge in [0.2, 0.25) is 17.6 Å². The Morgan fingerprint density at radius 1 is 1.14 bits per heavy atom. The number of primary amides is 1. The number of nitrogens with two attached hydrogens (primary N) is 1. The van der Waals surface area contributed by atoms with Gasteiger partial charge < -0.3 is 25.4 Å². The number of carbonyl (C=O) groups is 2. The summed E-state index contributed by atoms with van der Waals surface area (Å²) in [5, 5.41) is 15.6. The van der Waals surface area contributed by atoms with Crippen LogP contribution in [0.15, 0.2) is 53.1 Å². The molecule has 2 aromatic carbocycles. The Hall–Kier alpha value is -3.59. The highest BCUT2D eigenvalue weighted by Crippen LogP contribution is 2.25. The molecule has 1 heterocycles. The van der Waals surface area contributed by atoms with Gasteiger partial charge in [-0.25, -0.2) is 4.79 Å². The average Bonchev–Trinajstić information content (AvgIpc) is 3.11. The normalized spacial score (nSPS) is 11.6. The van der Waals surface area contributed by atoms with Crippen molar-refractivity contribution >= 4 is 23.6 Å². The van der Waals surface area contributed by atoms with Crippen molar-refractivity contribution in [1.82, 2.24) is 15.5 Å². The van der Waals surface area contributed by atoms with E-state index in [-0.39, 0.29) is 18.7 Å². The van der Waals surface area contributed by atoms with E-state index < -0.39 is 18.0 Å². The van der Waals surface area contributed by atoms with Crippen molar-refractivity contribution in [2.75, 3.05) is 0 Å². The maximum Gasteiger partial charge on any atom is 0.404 e. The van der Waals surface area contributed by atoms with Gasteiger partial charge in [0.25, 0.3) is 0 Å². The summed E-state index contributed by atoms with van der Waals surface area (Å²) in [5.74, 6) is 1.13. The summed E-state index contributed by atoms with van der Waals surface area (Å²) in [5.41, 5.74) is 5.82. The molecule has 0 fully saturated rings. The van der Waals surface area contributed by atoms with Crippen LogP contribution in [0.2, 0.25) is 5.02 Å². The second-order valence-corrected chi connectivity index (χ2v) is 6.55. The molecule has 29 heavy (non-hydrogen) atoms. The van der Waals surface area contributed by atoms with E-state index in [2.05, 4.69) is 15.5 Å². The number of hydrogen-bond acceptors (Lipinski definition) is 6. The Morgan fingerprint density at radius 2 is 1.76 bits per heavy atom. The van der Waals surface area contributed by atoms with E-state index in [1.807, 2.05) is 0 Å². The van der Waals surface area contributed by atoms with Crippen molar-refractivity contribution in [1.29, 1.82) is 0 Å². The molecule has 1 atom stereocenters. The lowest BCUT2D eigenvalue weighted by atomic mass is 10.1. The van der Waals surface area contributed by atoms with Crippen LogP contribution in [0, 0.1) is 0 Å². The Kier molecular flexibility index (Phi) is 6.30. The predicted molar refractivity (Wildman–Crippen MR) is 104 cm³/mol. The molecule has 150 valence electrons. The van der Waals surface area contributed by atoms with Crippen molar-refractivity contribution < 1.29 is 24.0 Å². The first-order chi connectivity index (χ1) is 13.9. The second kappa shape index (κ2) is 9.07. The summed E-state index contributed by atoms with van der Waals surface area (Å²) < 4.78 is 10.9. The molecule has 0 saturated heterocycles. The van der Waals surface area contributed by atoms with Gasteiger partial charge >= 0.3 is 6.09 Å². The number of rotatable bonds is 8. The third-order valence-corrected chi connectivity index (χ3v) is 4.08. The number of halogens is 1. The smallest absolute Gasteiger partial charge is 0.404 e. The molecule has 2 amide bonds. The van der Waals surface area contributed by atoms with Crippen LogP contribution in [-0.4, -0.2) is 33.3 Å². The lowest BCUT2D eigenvalue weighted by molar-refractivity contribution is -0.118. The number of nitrogens with one attached hydrogen (secondary N) is 1. The molecule has 0 aliphatic rings. The zero-order valence-corrected chi connectivity index (χ0v) is 15.8. The van der Waals surface area contributed by atoms with Gasteiger partial charge in [0.1, 0.15) is 11.5 Å². The van der Waals surface area contributed by atoms with E-state index >= 15 is 0 Å². The molecule has 0 aliphatic carbocycles. The van der Waals surface area contributed by atoms with Gasteiger partial charge in [-0.05, 0) is 48.5 Å². The lowest BCUT2D eigenvalue weighted by Crippen LogP contribution is -2.38. The SMILES string of the molecule is NC(=O)CC(Cc1nc(-c2ccc(Oc3ccc(Cl)cc3)cc2)no1)NC(=O)O. The number of carbonyl (C=O) groups excluding carboxylic acids is 1. The van der Waals surface area contributed by atoms with E-state index in [1.165, 1.54) is 0 Å². The van der Waals surface area contributed by atoms with Crippen LogP contribution < -0.4 is 15.8 Å². The topological polar surface area (TPSA) is 141 Å². The number of hydrogen-bond donors (Lipinski definition) is 3.